The summed E-state index contributed by atoms with van der Waals surface area (Å²) in [6, 6.07) is 0. The molecule has 1 heterocycles. The van der Waals surface area contributed by atoms with Crippen LogP contribution in [0.5, 0.6) is 0 Å². The standard InChI is InChI=1S/C10H15F2N5.HI/c1-3-4-15-10(13-2)16-7-8-14-5-6-17(8)9(11)12;/h3,5-6,9H,1,4,7H2,2H3,(H2,13,15,16);1H. The molecule has 0 saturated heterocycles. The molecule has 0 radical (unpaired) electrons. The maximum absolute atomic E-state index is 12.5. The zero-order valence-electron chi connectivity index (χ0n) is 9.94. The van der Waals surface area contributed by atoms with Gasteiger partial charge in [0.15, 0.2) is 5.96 Å². The second kappa shape index (κ2) is 8.84. The Labute approximate surface area is 121 Å². The van der Waals surface area contributed by atoms with E-state index >= 15 is 0 Å². The molecule has 5 nitrogen and oxygen atoms in total. The van der Waals surface area contributed by atoms with Crippen LogP contribution in [-0.4, -0.2) is 29.1 Å². The molecule has 1 aromatic rings. The van der Waals surface area contributed by atoms with Gasteiger partial charge in [-0.3, -0.25) is 9.56 Å². The molecule has 2 N–H and O–H groups in total. The highest BCUT2D eigenvalue weighted by Crippen LogP contribution is 2.11. The summed E-state index contributed by atoms with van der Waals surface area (Å²) >= 11 is 0. The first-order chi connectivity index (χ1) is 8.19. The first kappa shape index (κ1) is 16.8. The molecule has 0 saturated carbocycles. The predicted octanol–water partition coefficient (Wildman–Crippen LogP) is 1.75. The topological polar surface area (TPSA) is 54.2 Å². The number of alkyl halides is 2. The number of hydrogen-bond donors (Lipinski definition) is 2. The lowest BCUT2D eigenvalue weighted by molar-refractivity contribution is 0.0668. The predicted molar refractivity (Wildman–Crippen MR) is 77.3 cm³/mol. The van der Waals surface area contributed by atoms with Gasteiger partial charge in [-0.2, -0.15) is 8.78 Å². The SMILES string of the molecule is C=CCNC(=NC)NCc1nccn1C(F)F.I. The minimum atomic E-state index is -2.59. The van der Waals surface area contributed by atoms with Gasteiger partial charge >= 0.3 is 6.55 Å². The van der Waals surface area contributed by atoms with Gasteiger partial charge in [0.1, 0.15) is 5.82 Å². The summed E-state index contributed by atoms with van der Waals surface area (Å²) in [7, 11) is 1.60. The fourth-order valence-electron chi connectivity index (χ4n) is 1.21. The van der Waals surface area contributed by atoms with E-state index in [1.807, 2.05) is 0 Å². The number of imidazole rings is 1. The van der Waals surface area contributed by atoms with Gasteiger partial charge in [0.2, 0.25) is 0 Å². The third kappa shape index (κ3) is 4.98. The van der Waals surface area contributed by atoms with Crippen molar-refractivity contribution in [3.05, 3.63) is 30.9 Å². The molecule has 0 atom stereocenters. The molecule has 0 bridgehead atoms. The molecule has 1 rings (SSSR count). The van der Waals surface area contributed by atoms with Crippen LogP contribution in [0.2, 0.25) is 0 Å². The Bertz CT molecular complexity index is 391. The maximum atomic E-state index is 12.5. The van der Waals surface area contributed by atoms with E-state index in [9.17, 15) is 8.78 Å². The van der Waals surface area contributed by atoms with Crippen LogP contribution < -0.4 is 10.6 Å². The largest absolute Gasteiger partial charge is 0.353 e. The highest BCUT2D eigenvalue weighted by molar-refractivity contribution is 14.0. The normalized spacial score (nSPS) is 11.0. The molecule has 102 valence electrons. The number of nitrogens with one attached hydrogen (secondary N) is 2. The first-order valence-corrected chi connectivity index (χ1v) is 5.04. The molecule has 0 aliphatic heterocycles. The highest BCUT2D eigenvalue weighted by Gasteiger charge is 2.11. The third-order valence-corrected chi connectivity index (χ3v) is 2.01. The zero-order chi connectivity index (χ0) is 12.7. The molecule has 18 heavy (non-hydrogen) atoms. The van der Waals surface area contributed by atoms with Gasteiger partial charge in [-0.25, -0.2) is 4.98 Å². The molecular weight excluding hydrogens is 355 g/mol. The molecule has 1 aromatic heterocycles. The summed E-state index contributed by atoms with van der Waals surface area (Å²) in [6.45, 7) is 1.69. The third-order valence-electron chi connectivity index (χ3n) is 2.01. The molecule has 0 spiro atoms. The van der Waals surface area contributed by atoms with Gasteiger partial charge in [-0.05, 0) is 0 Å². The summed E-state index contributed by atoms with van der Waals surface area (Å²) in [5.74, 6) is 0.760. The second-order valence-corrected chi connectivity index (χ2v) is 3.12. The summed E-state index contributed by atoms with van der Waals surface area (Å²) < 4.78 is 25.8. The Balaban J connectivity index is 0.00000289. The van der Waals surface area contributed by atoms with E-state index in [2.05, 4.69) is 27.2 Å². The number of halogens is 3. The highest BCUT2D eigenvalue weighted by atomic mass is 127. The lowest BCUT2D eigenvalue weighted by Crippen LogP contribution is -2.37. The van der Waals surface area contributed by atoms with Crippen LogP contribution in [0.25, 0.3) is 0 Å². The minimum absolute atomic E-state index is 0. The number of guanidine groups is 1. The lowest BCUT2D eigenvalue weighted by Gasteiger charge is -2.11. The van der Waals surface area contributed by atoms with Gasteiger partial charge in [-0.15, -0.1) is 30.6 Å². The van der Waals surface area contributed by atoms with Gasteiger partial charge in [-0.1, -0.05) is 6.08 Å². The number of aliphatic imine (C=N–C) groups is 1. The van der Waals surface area contributed by atoms with E-state index in [0.717, 1.165) is 4.57 Å². The van der Waals surface area contributed by atoms with E-state index in [1.54, 1.807) is 13.1 Å². The van der Waals surface area contributed by atoms with Crippen LogP contribution in [-0.2, 0) is 6.54 Å². The van der Waals surface area contributed by atoms with Gasteiger partial charge in [0.25, 0.3) is 0 Å². The van der Waals surface area contributed by atoms with E-state index in [1.165, 1.54) is 12.4 Å². The van der Waals surface area contributed by atoms with Crippen molar-refractivity contribution in [3.63, 3.8) is 0 Å². The number of hydrogen-bond acceptors (Lipinski definition) is 2. The minimum Gasteiger partial charge on any atom is -0.353 e. The van der Waals surface area contributed by atoms with Crippen molar-refractivity contribution in [1.29, 1.82) is 0 Å². The van der Waals surface area contributed by atoms with E-state index < -0.39 is 6.55 Å². The molecule has 8 heteroatoms. The van der Waals surface area contributed by atoms with E-state index in [-0.39, 0.29) is 36.3 Å². The Kier molecular flexibility index (Phi) is 8.25. The van der Waals surface area contributed by atoms with Crippen LogP contribution in [0.3, 0.4) is 0 Å². The van der Waals surface area contributed by atoms with Crippen LogP contribution in [0, 0.1) is 0 Å². The van der Waals surface area contributed by atoms with Crippen LogP contribution in [0.15, 0.2) is 30.0 Å². The maximum Gasteiger partial charge on any atom is 0.319 e. The molecule has 0 aliphatic carbocycles. The summed E-state index contributed by atoms with van der Waals surface area (Å²) in [6.07, 6.45) is 4.25. The van der Waals surface area contributed by atoms with Gasteiger partial charge in [0, 0.05) is 26.0 Å². The average molecular weight is 371 g/mol. The van der Waals surface area contributed by atoms with Crippen LogP contribution in [0.4, 0.5) is 8.78 Å². The molecule has 0 aromatic carbocycles. The quantitative estimate of drug-likeness (QED) is 0.359. The van der Waals surface area contributed by atoms with Crippen molar-refractivity contribution < 1.29 is 8.78 Å². The molecule has 0 fully saturated rings. The smallest absolute Gasteiger partial charge is 0.319 e. The van der Waals surface area contributed by atoms with Crippen molar-refractivity contribution in [2.75, 3.05) is 13.6 Å². The average Bonchev–Trinajstić information content (AvgIpc) is 2.78. The van der Waals surface area contributed by atoms with Crippen molar-refractivity contribution in [1.82, 2.24) is 20.2 Å². The zero-order valence-corrected chi connectivity index (χ0v) is 12.3. The van der Waals surface area contributed by atoms with Crippen molar-refractivity contribution in [2.45, 2.75) is 13.1 Å². The van der Waals surface area contributed by atoms with Crippen molar-refractivity contribution in [2.24, 2.45) is 4.99 Å². The van der Waals surface area contributed by atoms with Crippen molar-refractivity contribution >= 4 is 29.9 Å². The van der Waals surface area contributed by atoms with Gasteiger partial charge in [0.05, 0.1) is 6.54 Å². The second-order valence-electron chi connectivity index (χ2n) is 3.12. The molecule has 0 unspecified atom stereocenters. The summed E-state index contributed by atoms with van der Waals surface area (Å²) in [4.78, 5) is 7.76. The Hall–Kier alpha value is -1.19. The van der Waals surface area contributed by atoms with Gasteiger partial charge < -0.3 is 10.6 Å². The Morgan fingerprint density at radius 1 is 1.61 bits per heavy atom. The molecule has 0 amide bonds. The van der Waals surface area contributed by atoms with Crippen LogP contribution >= 0.6 is 24.0 Å². The summed E-state index contributed by atoms with van der Waals surface area (Å²) in [5.41, 5.74) is 0. The fraction of sp³-hybridized carbons (Fsp3) is 0.400. The molecular formula is C10H16F2IN5. The number of aromatic nitrogens is 2. The lowest BCUT2D eigenvalue weighted by atomic mass is 10.5. The Morgan fingerprint density at radius 2 is 2.33 bits per heavy atom. The first-order valence-electron chi connectivity index (χ1n) is 5.04. The van der Waals surface area contributed by atoms with E-state index in [0.29, 0.717) is 12.5 Å². The monoisotopic (exact) mass is 371 g/mol. The fourth-order valence-corrected chi connectivity index (χ4v) is 1.21. The number of rotatable bonds is 5. The number of nitrogens with zero attached hydrogens (tertiary/aromatic N) is 3. The molecule has 0 aliphatic rings. The Morgan fingerprint density at radius 3 is 2.89 bits per heavy atom. The van der Waals surface area contributed by atoms with Crippen LogP contribution in [0.1, 0.15) is 12.4 Å². The summed E-state index contributed by atoms with van der Waals surface area (Å²) in [5, 5.41) is 5.80. The van der Waals surface area contributed by atoms with Crippen molar-refractivity contribution in [3.8, 4) is 0 Å². The van der Waals surface area contributed by atoms with E-state index in [4.69, 9.17) is 0 Å².